The molecule has 2 amide bonds. The van der Waals surface area contributed by atoms with Crippen molar-refractivity contribution in [3.8, 4) is 11.5 Å². The Morgan fingerprint density at radius 1 is 0.875 bits per heavy atom. The number of pyridine rings is 1. The highest BCUT2D eigenvalue weighted by atomic mass is 19.4. The fourth-order valence-electron chi connectivity index (χ4n) is 5.44. The van der Waals surface area contributed by atoms with Gasteiger partial charge in [-0.05, 0) is 97.7 Å². The monoisotopic (exact) mass is 550 g/mol. The van der Waals surface area contributed by atoms with E-state index in [0.29, 0.717) is 55.1 Å². The molecule has 3 aliphatic rings. The first kappa shape index (κ1) is 26.3. The fourth-order valence-corrected chi connectivity index (χ4v) is 5.44. The summed E-state index contributed by atoms with van der Waals surface area (Å²) in [6.07, 6.45) is 1.09. The van der Waals surface area contributed by atoms with Gasteiger partial charge in [-0.15, -0.1) is 0 Å². The van der Waals surface area contributed by atoms with Crippen molar-refractivity contribution in [2.75, 3.05) is 17.2 Å². The molecule has 0 spiro atoms. The predicted octanol–water partition coefficient (Wildman–Crippen LogP) is 5.63. The number of anilines is 2. The molecule has 208 valence electrons. The van der Waals surface area contributed by atoms with E-state index in [-0.39, 0.29) is 41.4 Å². The van der Waals surface area contributed by atoms with Gasteiger partial charge in [0.15, 0.2) is 0 Å². The summed E-state index contributed by atoms with van der Waals surface area (Å²) >= 11 is 0. The van der Waals surface area contributed by atoms with Gasteiger partial charge >= 0.3 is 6.18 Å². The lowest BCUT2D eigenvalue weighted by Gasteiger charge is -2.26. The third-order valence-electron chi connectivity index (χ3n) is 7.73. The van der Waals surface area contributed by atoms with Crippen LogP contribution in [0.4, 0.5) is 24.7 Å². The van der Waals surface area contributed by atoms with Gasteiger partial charge in [-0.2, -0.15) is 13.2 Å². The van der Waals surface area contributed by atoms with E-state index in [2.05, 4.69) is 20.9 Å². The Balaban J connectivity index is 1.14. The molecule has 2 heterocycles. The first-order valence-electron chi connectivity index (χ1n) is 13.5. The number of hydrogen-bond acceptors (Lipinski definition) is 5. The van der Waals surface area contributed by atoms with Gasteiger partial charge in [0.1, 0.15) is 17.3 Å². The van der Waals surface area contributed by atoms with Crippen molar-refractivity contribution in [2.24, 2.45) is 11.8 Å². The Morgan fingerprint density at radius 2 is 1.68 bits per heavy atom. The van der Waals surface area contributed by atoms with Gasteiger partial charge in [0, 0.05) is 36.3 Å². The minimum Gasteiger partial charge on any atom is -0.457 e. The first-order valence-corrected chi connectivity index (χ1v) is 13.5. The number of benzene rings is 2. The molecular formula is C30H29F3N4O3. The summed E-state index contributed by atoms with van der Waals surface area (Å²) in [5.74, 6) is 0.899. The smallest absolute Gasteiger partial charge is 0.416 e. The van der Waals surface area contributed by atoms with Crippen LogP contribution in [0, 0.1) is 11.8 Å². The molecule has 1 fully saturated rings. The Kier molecular flexibility index (Phi) is 6.95. The number of amides is 2. The van der Waals surface area contributed by atoms with Crippen molar-refractivity contribution in [1.82, 2.24) is 10.3 Å². The van der Waals surface area contributed by atoms with Gasteiger partial charge < -0.3 is 20.7 Å². The molecule has 1 aliphatic heterocycles. The van der Waals surface area contributed by atoms with Crippen molar-refractivity contribution in [3.63, 3.8) is 0 Å². The molecule has 1 aromatic heterocycles. The molecule has 2 aromatic carbocycles. The molecule has 1 unspecified atom stereocenters. The second-order valence-corrected chi connectivity index (χ2v) is 10.7. The summed E-state index contributed by atoms with van der Waals surface area (Å²) in [5, 5.41) is 8.56. The third-order valence-corrected chi connectivity index (χ3v) is 7.73. The second kappa shape index (κ2) is 10.6. The third kappa shape index (κ3) is 5.82. The number of carbonyl (C=O) groups excluding carboxylic acids is 2. The zero-order chi connectivity index (χ0) is 27.9. The number of carbonyl (C=O) groups is 2. The largest absolute Gasteiger partial charge is 0.457 e. The fraction of sp³-hybridized carbons (Fsp3) is 0.367. The summed E-state index contributed by atoms with van der Waals surface area (Å²) in [5.41, 5.74) is 2.43. The number of nitrogens with one attached hydrogen (secondary N) is 3. The summed E-state index contributed by atoms with van der Waals surface area (Å²) in [6.45, 7) is 0.763. The Morgan fingerprint density at radius 3 is 2.48 bits per heavy atom. The van der Waals surface area contributed by atoms with E-state index in [1.165, 1.54) is 0 Å². The van der Waals surface area contributed by atoms with Crippen LogP contribution in [0.15, 0.2) is 48.7 Å². The molecule has 3 aromatic rings. The van der Waals surface area contributed by atoms with Crippen molar-refractivity contribution in [2.45, 2.75) is 51.2 Å². The SMILES string of the molecule is O=C(Nc1cc2c(c(C(F)(F)F)c1)CNCC2)C1CCc2ccc(Oc3ccnc(NC(=O)C4CC4)c3)cc2C1. The molecule has 0 radical (unpaired) electrons. The highest BCUT2D eigenvalue weighted by molar-refractivity contribution is 5.94. The van der Waals surface area contributed by atoms with Crippen LogP contribution >= 0.6 is 0 Å². The summed E-state index contributed by atoms with van der Waals surface area (Å²) in [6, 6.07) is 11.8. The zero-order valence-corrected chi connectivity index (χ0v) is 21.7. The van der Waals surface area contributed by atoms with E-state index < -0.39 is 11.7 Å². The number of halogens is 3. The van der Waals surface area contributed by atoms with Crippen LogP contribution in [0.1, 0.15) is 47.1 Å². The quantitative estimate of drug-likeness (QED) is 0.370. The van der Waals surface area contributed by atoms with Gasteiger partial charge in [-0.3, -0.25) is 9.59 Å². The molecule has 0 saturated heterocycles. The van der Waals surface area contributed by atoms with Crippen LogP contribution < -0.4 is 20.7 Å². The number of hydrogen-bond donors (Lipinski definition) is 3. The molecule has 3 N–H and O–H groups in total. The number of aromatic nitrogens is 1. The van der Waals surface area contributed by atoms with E-state index >= 15 is 0 Å². The van der Waals surface area contributed by atoms with Gasteiger partial charge in [0.25, 0.3) is 0 Å². The molecule has 1 saturated carbocycles. The van der Waals surface area contributed by atoms with Gasteiger partial charge in [0.05, 0.1) is 5.56 Å². The van der Waals surface area contributed by atoms with Crippen molar-refractivity contribution >= 4 is 23.3 Å². The molecule has 6 rings (SSSR count). The highest BCUT2D eigenvalue weighted by Crippen LogP contribution is 2.38. The number of ether oxygens (including phenoxy) is 1. The van der Waals surface area contributed by atoms with E-state index in [4.69, 9.17) is 4.74 Å². The number of nitrogens with zero attached hydrogens (tertiary/aromatic N) is 1. The van der Waals surface area contributed by atoms with E-state index in [0.717, 1.165) is 30.0 Å². The van der Waals surface area contributed by atoms with Crippen LogP contribution in [-0.2, 0) is 41.6 Å². The van der Waals surface area contributed by atoms with Crippen molar-refractivity contribution < 1.29 is 27.5 Å². The Hall–Kier alpha value is -3.92. The molecule has 7 nitrogen and oxygen atoms in total. The normalized spacial score (nSPS) is 18.3. The standard InChI is InChI=1S/C30H29F3N4O3/c31-30(32,33)26-14-22(12-19-7-9-34-16-25(19)26)36-29(39)20-4-1-17-5-6-23(13-21(17)11-20)40-24-8-10-35-27(15-24)37-28(38)18-2-3-18/h5-6,8,10,12-15,18,20,34H,1-4,7,9,11,16H2,(H,36,39)(H,35,37,38). The molecule has 10 heteroatoms. The lowest BCUT2D eigenvalue weighted by atomic mass is 9.83. The van der Waals surface area contributed by atoms with Gasteiger partial charge in [0.2, 0.25) is 11.8 Å². The van der Waals surface area contributed by atoms with Gasteiger partial charge in [-0.25, -0.2) is 4.98 Å². The van der Waals surface area contributed by atoms with Crippen LogP contribution in [0.2, 0.25) is 0 Å². The van der Waals surface area contributed by atoms with Crippen LogP contribution in [0.5, 0.6) is 11.5 Å². The van der Waals surface area contributed by atoms with E-state index in [9.17, 15) is 22.8 Å². The summed E-state index contributed by atoms with van der Waals surface area (Å²) < 4.78 is 47.3. The maximum absolute atomic E-state index is 13.7. The molecule has 0 bridgehead atoms. The minimum atomic E-state index is -4.50. The van der Waals surface area contributed by atoms with E-state index in [1.54, 1.807) is 24.4 Å². The maximum atomic E-state index is 13.7. The average molecular weight is 551 g/mol. The van der Waals surface area contributed by atoms with Crippen molar-refractivity contribution in [3.05, 3.63) is 76.5 Å². The van der Waals surface area contributed by atoms with E-state index in [1.807, 2.05) is 18.2 Å². The highest BCUT2D eigenvalue weighted by Gasteiger charge is 2.36. The number of alkyl halides is 3. The van der Waals surface area contributed by atoms with Gasteiger partial charge in [-0.1, -0.05) is 6.07 Å². The summed E-state index contributed by atoms with van der Waals surface area (Å²) in [7, 11) is 0. The van der Waals surface area contributed by atoms with Crippen LogP contribution in [0.25, 0.3) is 0 Å². The average Bonchev–Trinajstić information content (AvgIpc) is 3.78. The second-order valence-electron chi connectivity index (χ2n) is 10.7. The molecular weight excluding hydrogens is 521 g/mol. The summed E-state index contributed by atoms with van der Waals surface area (Å²) in [4.78, 5) is 29.4. The number of rotatable bonds is 6. The molecule has 1 atom stereocenters. The van der Waals surface area contributed by atoms with Crippen molar-refractivity contribution in [1.29, 1.82) is 0 Å². The van der Waals surface area contributed by atoms with Crippen LogP contribution in [-0.4, -0.2) is 23.3 Å². The predicted molar refractivity (Wildman–Crippen MR) is 143 cm³/mol. The number of aryl methyl sites for hydroxylation is 1. The zero-order valence-electron chi connectivity index (χ0n) is 21.7. The lowest BCUT2D eigenvalue weighted by Crippen LogP contribution is -2.30. The molecule has 2 aliphatic carbocycles. The first-order chi connectivity index (χ1) is 19.2. The Labute approximate surface area is 229 Å². The number of fused-ring (bicyclic) bond motifs is 2. The van der Waals surface area contributed by atoms with Crippen LogP contribution in [0.3, 0.4) is 0 Å². The lowest BCUT2D eigenvalue weighted by molar-refractivity contribution is -0.138. The Bertz CT molecular complexity index is 1470. The molecule has 40 heavy (non-hydrogen) atoms. The topological polar surface area (TPSA) is 92.3 Å². The minimum absolute atomic E-state index is 0.0372. The maximum Gasteiger partial charge on any atom is 0.416 e.